The molecule has 1 unspecified atom stereocenters. The van der Waals surface area contributed by atoms with Gasteiger partial charge in [-0.2, -0.15) is 0 Å². The lowest BCUT2D eigenvalue weighted by molar-refractivity contribution is -0.124. The first-order chi connectivity index (χ1) is 12.5. The number of Topliss-reactive ketones (excluding diaryl/α,β-unsaturated/α-hetero) is 1. The van der Waals surface area contributed by atoms with Crippen molar-refractivity contribution in [2.75, 3.05) is 19.7 Å². The fourth-order valence-corrected chi connectivity index (χ4v) is 3.06. The van der Waals surface area contributed by atoms with Crippen molar-refractivity contribution in [2.24, 2.45) is 0 Å². The van der Waals surface area contributed by atoms with Crippen molar-refractivity contribution in [2.45, 2.75) is 19.4 Å². The summed E-state index contributed by atoms with van der Waals surface area (Å²) in [6, 6.07) is 8.34. The highest BCUT2D eigenvalue weighted by atomic mass is 16.5. The molecule has 3 rings (SSSR count). The molecule has 0 spiro atoms. The van der Waals surface area contributed by atoms with Crippen molar-refractivity contribution in [1.82, 2.24) is 14.5 Å². The Morgan fingerprint density at radius 3 is 2.69 bits per heavy atom. The number of esters is 1. The summed E-state index contributed by atoms with van der Waals surface area (Å²) in [7, 11) is 0. The molecule has 2 aromatic rings. The topological polar surface area (TPSA) is 102 Å². The third-order valence-electron chi connectivity index (χ3n) is 4.31. The summed E-state index contributed by atoms with van der Waals surface area (Å²) in [5.74, 6) is -0.670. The third-order valence-corrected chi connectivity index (χ3v) is 4.31. The number of ether oxygens (including phenoxy) is 1. The number of amides is 1. The van der Waals surface area contributed by atoms with E-state index in [1.54, 1.807) is 23.6 Å². The van der Waals surface area contributed by atoms with Gasteiger partial charge in [0.25, 0.3) is 0 Å². The lowest BCUT2D eigenvalue weighted by atomic mass is 10.0. The molecule has 0 aliphatic carbocycles. The summed E-state index contributed by atoms with van der Waals surface area (Å²) in [5.41, 5.74) is 1.27. The second kappa shape index (κ2) is 7.38. The van der Waals surface area contributed by atoms with E-state index in [-0.39, 0.29) is 37.6 Å². The van der Waals surface area contributed by atoms with Gasteiger partial charge in [-0.15, -0.1) is 0 Å². The first-order valence-corrected chi connectivity index (χ1v) is 8.32. The van der Waals surface area contributed by atoms with Crippen LogP contribution in [0.3, 0.4) is 0 Å². The molecule has 26 heavy (non-hydrogen) atoms. The molecule has 0 bridgehead atoms. The Morgan fingerprint density at radius 2 is 2.04 bits per heavy atom. The van der Waals surface area contributed by atoms with E-state index in [2.05, 4.69) is 4.98 Å². The molecular weight excluding hydrogens is 338 g/mol. The van der Waals surface area contributed by atoms with Gasteiger partial charge in [-0.1, -0.05) is 30.3 Å². The Labute approximate surface area is 150 Å². The van der Waals surface area contributed by atoms with Crippen molar-refractivity contribution in [3.8, 4) is 11.3 Å². The predicted molar refractivity (Wildman–Crippen MR) is 91.9 cm³/mol. The number of imidazole rings is 1. The number of ketones is 1. The van der Waals surface area contributed by atoms with Crippen LogP contribution in [0.4, 0.5) is 4.79 Å². The van der Waals surface area contributed by atoms with Crippen LogP contribution in [0.15, 0.2) is 36.7 Å². The molecule has 1 atom stereocenters. The smallest absolute Gasteiger partial charge is 0.407 e. The minimum absolute atomic E-state index is 0.0205. The van der Waals surface area contributed by atoms with Gasteiger partial charge in [0.05, 0.1) is 25.2 Å². The van der Waals surface area contributed by atoms with Gasteiger partial charge in [0.15, 0.2) is 11.5 Å². The van der Waals surface area contributed by atoms with Crippen molar-refractivity contribution in [1.29, 1.82) is 0 Å². The van der Waals surface area contributed by atoms with E-state index in [0.717, 1.165) is 0 Å². The molecule has 1 aliphatic heterocycles. The van der Waals surface area contributed by atoms with Crippen LogP contribution in [0.5, 0.6) is 0 Å². The summed E-state index contributed by atoms with van der Waals surface area (Å²) in [6.45, 7) is 2.10. The van der Waals surface area contributed by atoms with Gasteiger partial charge in [-0.25, -0.2) is 14.6 Å². The zero-order chi connectivity index (χ0) is 18.7. The maximum atomic E-state index is 12.5. The van der Waals surface area contributed by atoms with Crippen molar-refractivity contribution in [3.63, 3.8) is 0 Å². The molecule has 1 N–H and O–H groups in total. The number of piperidine rings is 1. The second-order valence-electron chi connectivity index (χ2n) is 5.90. The minimum Gasteiger partial charge on any atom is -0.465 e. The van der Waals surface area contributed by atoms with E-state index in [9.17, 15) is 19.5 Å². The molecule has 1 amide bonds. The number of hydrogen-bond acceptors (Lipinski definition) is 5. The van der Waals surface area contributed by atoms with Crippen molar-refractivity contribution >= 4 is 17.8 Å². The Kier molecular flexibility index (Phi) is 5.01. The summed E-state index contributed by atoms with van der Waals surface area (Å²) in [4.78, 5) is 41.4. The summed E-state index contributed by atoms with van der Waals surface area (Å²) < 4.78 is 6.66. The van der Waals surface area contributed by atoms with E-state index < -0.39 is 18.1 Å². The lowest BCUT2D eigenvalue weighted by Gasteiger charge is -2.31. The number of benzene rings is 1. The first kappa shape index (κ1) is 17.7. The van der Waals surface area contributed by atoms with E-state index in [1.165, 1.54) is 11.2 Å². The molecule has 0 saturated carbocycles. The van der Waals surface area contributed by atoms with Crippen LogP contribution in [0.25, 0.3) is 11.3 Å². The summed E-state index contributed by atoms with van der Waals surface area (Å²) in [5, 5.41) is 9.25. The molecule has 1 aromatic heterocycles. The number of rotatable bonds is 4. The predicted octanol–water partition coefficient (Wildman–Crippen LogP) is 2.22. The molecule has 1 aromatic carbocycles. The molecule has 8 heteroatoms. The SMILES string of the molecule is CCOC(=O)c1ncn(C2CN(C(=O)O)CCC2=O)c1-c1ccccc1. The first-order valence-electron chi connectivity index (χ1n) is 8.32. The van der Waals surface area contributed by atoms with Crippen LogP contribution in [-0.2, 0) is 9.53 Å². The number of carbonyl (C=O) groups excluding carboxylic acids is 2. The van der Waals surface area contributed by atoms with Gasteiger partial charge in [0, 0.05) is 18.5 Å². The lowest BCUT2D eigenvalue weighted by Crippen LogP contribution is -2.44. The molecule has 0 radical (unpaired) electrons. The largest absolute Gasteiger partial charge is 0.465 e. The van der Waals surface area contributed by atoms with Gasteiger partial charge in [-0.3, -0.25) is 4.79 Å². The Hall–Kier alpha value is -3.16. The molecule has 2 heterocycles. The quantitative estimate of drug-likeness (QED) is 0.842. The maximum Gasteiger partial charge on any atom is 0.407 e. The van der Waals surface area contributed by atoms with Crippen molar-refractivity contribution < 1.29 is 24.2 Å². The van der Waals surface area contributed by atoms with Gasteiger partial charge < -0.3 is 19.3 Å². The van der Waals surface area contributed by atoms with Gasteiger partial charge in [0.1, 0.15) is 6.04 Å². The standard InChI is InChI=1S/C18H19N3O5/c1-2-26-17(23)15-16(12-6-4-3-5-7-12)21(11-19-15)13-10-20(18(24)25)9-8-14(13)22/h3-7,11,13H,2,8-10H2,1H3,(H,24,25). The number of likely N-dealkylation sites (tertiary alicyclic amines) is 1. The number of hydrogen-bond donors (Lipinski definition) is 1. The number of carboxylic acid groups (broad SMARTS) is 1. The second-order valence-corrected chi connectivity index (χ2v) is 5.90. The highest BCUT2D eigenvalue weighted by Gasteiger charge is 2.34. The molecule has 1 aliphatic rings. The van der Waals surface area contributed by atoms with E-state index in [1.807, 2.05) is 18.2 Å². The number of nitrogens with zero attached hydrogens (tertiary/aromatic N) is 3. The molecule has 136 valence electrons. The Morgan fingerprint density at radius 1 is 1.31 bits per heavy atom. The Balaban J connectivity index is 2.08. The molecule has 1 saturated heterocycles. The summed E-state index contributed by atoms with van der Waals surface area (Å²) >= 11 is 0. The van der Waals surface area contributed by atoms with Crippen LogP contribution in [-0.4, -0.2) is 57.1 Å². The molecule has 1 fully saturated rings. The summed E-state index contributed by atoms with van der Waals surface area (Å²) in [6.07, 6.45) is 0.454. The van der Waals surface area contributed by atoms with E-state index >= 15 is 0 Å². The van der Waals surface area contributed by atoms with Gasteiger partial charge >= 0.3 is 12.1 Å². The highest BCUT2D eigenvalue weighted by molar-refractivity contribution is 5.95. The average Bonchev–Trinajstić information content (AvgIpc) is 3.07. The normalized spacial score (nSPS) is 17.2. The van der Waals surface area contributed by atoms with Gasteiger partial charge in [-0.05, 0) is 6.92 Å². The highest BCUT2D eigenvalue weighted by Crippen LogP contribution is 2.29. The maximum absolute atomic E-state index is 12.5. The number of aromatic nitrogens is 2. The van der Waals surface area contributed by atoms with Gasteiger partial charge in [0.2, 0.25) is 0 Å². The van der Waals surface area contributed by atoms with E-state index in [0.29, 0.717) is 11.3 Å². The van der Waals surface area contributed by atoms with Crippen LogP contribution < -0.4 is 0 Å². The zero-order valence-electron chi connectivity index (χ0n) is 14.3. The third kappa shape index (κ3) is 3.30. The van der Waals surface area contributed by atoms with E-state index in [4.69, 9.17) is 4.74 Å². The van der Waals surface area contributed by atoms with Crippen LogP contribution in [0.2, 0.25) is 0 Å². The van der Waals surface area contributed by atoms with Crippen molar-refractivity contribution in [3.05, 3.63) is 42.4 Å². The number of carbonyl (C=O) groups is 3. The average molecular weight is 357 g/mol. The van der Waals surface area contributed by atoms with Crippen LogP contribution >= 0.6 is 0 Å². The fourth-order valence-electron chi connectivity index (χ4n) is 3.06. The monoisotopic (exact) mass is 357 g/mol. The fraction of sp³-hybridized carbons (Fsp3) is 0.333. The zero-order valence-corrected chi connectivity index (χ0v) is 14.3. The minimum atomic E-state index is -1.07. The van der Waals surface area contributed by atoms with Crippen LogP contribution in [0, 0.1) is 0 Å². The Bertz CT molecular complexity index is 831. The molecule has 8 nitrogen and oxygen atoms in total. The van der Waals surface area contributed by atoms with Crippen LogP contribution in [0.1, 0.15) is 29.9 Å². The molecular formula is C18H19N3O5.